The average Bonchev–Trinajstić information content (AvgIpc) is 2.40. The summed E-state index contributed by atoms with van der Waals surface area (Å²) >= 11 is 20.7. The summed E-state index contributed by atoms with van der Waals surface area (Å²) in [5.74, 6) is -0.187. The van der Waals surface area contributed by atoms with Crippen LogP contribution in [0.15, 0.2) is 30.5 Å². The third-order valence-electron chi connectivity index (χ3n) is 2.34. The number of ketones is 1. The van der Waals surface area contributed by atoms with Crippen molar-refractivity contribution < 1.29 is 4.79 Å². The molecule has 7 heteroatoms. The molecule has 19 heavy (non-hydrogen) atoms. The fourth-order valence-electron chi connectivity index (χ4n) is 1.42. The first kappa shape index (κ1) is 14.7. The maximum absolute atomic E-state index is 12.3. The van der Waals surface area contributed by atoms with Crippen molar-refractivity contribution in [1.29, 1.82) is 0 Å². The lowest BCUT2D eigenvalue weighted by molar-refractivity contribution is 0.0990. The number of carbonyl (C=O) groups is 1. The van der Waals surface area contributed by atoms with Crippen molar-refractivity contribution in [2.75, 3.05) is 0 Å². The van der Waals surface area contributed by atoms with E-state index in [4.69, 9.17) is 34.8 Å². The molecule has 0 N–H and O–H groups in total. The van der Waals surface area contributed by atoms with Gasteiger partial charge in [0, 0.05) is 11.8 Å². The number of nitrogens with zero attached hydrogens (tertiary/aromatic N) is 2. The third-order valence-corrected chi connectivity index (χ3v) is 4.15. The van der Waals surface area contributed by atoms with Gasteiger partial charge in [-0.15, -0.1) is 0 Å². The van der Waals surface area contributed by atoms with Gasteiger partial charge in [0.25, 0.3) is 0 Å². The Hall–Kier alpha value is -0.680. The number of halogens is 4. The first-order valence-electron chi connectivity index (χ1n) is 5.11. The van der Waals surface area contributed by atoms with Crippen molar-refractivity contribution in [3.63, 3.8) is 0 Å². The molecule has 1 unspecified atom stereocenters. The van der Waals surface area contributed by atoms with Crippen LogP contribution in [0.5, 0.6) is 0 Å². The van der Waals surface area contributed by atoms with Gasteiger partial charge in [0.05, 0.1) is 15.7 Å². The van der Waals surface area contributed by atoms with Gasteiger partial charge in [0.1, 0.15) is 4.83 Å². The number of carbonyl (C=O) groups excluding carboxylic acids is 1. The van der Waals surface area contributed by atoms with Crippen LogP contribution in [0.3, 0.4) is 0 Å². The second kappa shape index (κ2) is 6.18. The molecule has 0 aliphatic carbocycles. The number of hydrogen-bond acceptors (Lipinski definition) is 3. The van der Waals surface area contributed by atoms with Crippen molar-refractivity contribution in [3.05, 3.63) is 57.0 Å². The second-order valence-corrected chi connectivity index (χ2v) is 5.67. The van der Waals surface area contributed by atoms with Gasteiger partial charge in [0.2, 0.25) is 5.28 Å². The van der Waals surface area contributed by atoms with Gasteiger partial charge in [-0.25, -0.2) is 9.97 Å². The Morgan fingerprint density at radius 1 is 1.16 bits per heavy atom. The van der Waals surface area contributed by atoms with Crippen molar-refractivity contribution in [2.24, 2.45) is 0 Å². The zero-order valence-corrected chi connectivity index (χ0v) is 13.1. The summed E-state index contributed by atoms with van der Waals surface area (Å²) in [7, 11) is 0. The molecule has 0 fully saturated rings. The van der Waals surface area contributed by atoms with E-state index in [1.165, 1.54) is 12.3 Å². The molecule has 1 aromatic carbocycles. The molecule has 0 amide bonds. The lowest BCUT2D eigenvalue weighted by Crippen LogP contribution is -2.09. The minimum atomic E-state index is -0.620. The number of Topliss-reactive ketones (excluding diaryl/α,β-unsaturated/α-hetero) is 1. The lowest BCUT2D eigenvalue weighted by atomic mass is 10.1. The van der Waals surface area contributed by atoms with Gasteiger partial charge in [-0.3, -0.25) is 4.79 Å². The van der Waals surface area contributed by atoms with Crippen LogP contribution in [-0.2, 0) is 0 Å². The van der Waals surface area contributed by atoms with Gasteiger partial charge in [-0.05, 0) is 35.9 Å². The zero-order valence-electron chi connectivity index (χ0n) is 9.28. The SMILES string of the molecule is O=C(c1ccc(Cl)c(Cl)c1)C(Br)c1ccnc(Cl)n1. The maximum Gasteiger partial charge on any atom is 0.222 e. The van der Waals surface area contributed by atoms with E-state index >= 15 is 0 Å². The molecule has 0 aliphatic rings. The summed E-state index contributed by atoms with van der Waals surface area (Å²) in [6.45, 7) is 0. The monoisotopic (exact) mass is 378 g/mol. The predicted molar refractivity (Wildman–Crippen MR) is 79.5 cm³/mol. The molecule has 0 aliphatic heterocycles. The Kier molecular flexibility index (Phi) is 4.79. The fourth-order valence-corrected chi connectivity index (χ4v) is 2.39. The van der Waals surface area contributed by atoms with Crippen molar-refractivity contribution in [1.82, 2.24) is 9.97 Å². The Bertz CT molecular complexity index is 636. The molecule has 2 aromatic rings. The van der Waals surface area contributed by atoms with Crippen LogP contribution in [-0.4, -0.2) is 15.8 Å². The molecular weight excluding hydrogens is 374 g/mol. The Morgan fingerprint density at radius 3 is 2.53 bits per heavy atom. The first-order chi connectivity index (χ1) is 8.99. The smallest absolute Gasteiger partial charge is 0.222 e. The number of hydrogen-bond donors (Lipinski definition) is 0. The first-order valence-corrected chi connectivity index (χ1v) is 7.16. The van der Waals surface area contributed by atoms with E-state index in [2.05, 4.69) is 25.9 Å². The van der Waals surface area contributed by atoms with E-state index in [-0.39, 0.29) is 11.1 Å². The van der Waals surface area contributed by atoms with E-state index in [9.17, 15) is 4.79 Å². The lowest BCUT2D eigenvalue weighted by Gasteiger charge is -2.09. The molecule has 98 valence electrons. The highest BCUT2D eigenvalue weighted by atomic mass is 79.9. The summed E-state index contributed by atoms with van der Waals surface area (Å²) < 4.78 is 0. The van der Waals surface area contributed by atoms with Crippen LogP contribution in [0.2, 0.25) is 15.3 Å². The number of rotatable bonds is 3. The molecule has 1 heterocycles. The highest BCUT2D eigenvalue weighted by Crippen LogP contribution is 2.29. The van der Waals surface area contributed by atoms with Crippen LogP contribution in [0.4, 0.5) is 0 Å². The Balaban J connectivity index is 2.30. The number of benzene rings is 1. The van der Waals surface area contributed by atoms with Gasteiger partial charge in [0.15, 0.2) is 5.78 Å². The molecule has 0 saturated carbocycles. The van der Waals surface area contributed by atoms with Crippen molar-refractivity contribution in [3.8, 4) is 0 Å². The van der Waals surface area contributed by atoms with E-state index in [1.807, 2.05) is 0 Å². The summed E-state index contributed by atoms with van der Waals surface area (Å²) in [5, 5.41) is 0.811. The van der Waals surface area contributed by atoms with Crippen LogP contribution >= 0.6 is 50.7 Å². The molecule has 1 aromatic heterocycles. The van der Waals surface area contributed by atoms with Gasteiger partial charge < -0.3 is 0 Å². The van der Waals surface area contributed by atoms with Crippen LogP contribution in [0.1, 0.15) is 20.9 Å². The van der Waals surface area contributed by atoms with Gasteiger partial charge in [-0.2, -0.15) is 0 Å². The average molecular weight is 380 g/mol. The molecule has 1 atom stereocenters. The zero-order chi connectivity index (χ0) is 14.0. The van der Waals surface area contributed by atoms with Crippen LogP contribution < -0.4 is 0 Å². The summed E-state index contributed by atoms with van der Waals surface area (Å²) in [4.78, 5) is 19.4. The quantitative estimate of drug-likeness (QED) is 0.438. The number of alkyl halides is 1. The molecule has 0 bridgehead atoms. The minimum Gasteiger partial charge on any atom is -0.292 e. The summed E-state index contributed by atoms with van der Waals surface area (Å²) in [6.07, 6.45) is 1.49. The molecule has 3 nitrogen and oxygen atoms in total. The molecular formula is C12H6BrCl3N2O. The minimum absolute atomic E-state index is 0.0869. The standard InChI is InChI=1S/C12H6BrCl3N2O/c13-10(9-3-4-17-12(16)18-9)11(19)6-1-2-7(14)8(15)5-6/h1-5,10H. The third kappa shape index (κ3) is 3.45. The number of aromatic nitrogens is 2. The molecule has 0 radical (unpaired) electrons. The van der Waals surface area contributed by atoms with Crippen LogP contribution in [0, 0.1) is 0 Å². The topological polar surface area (TPSA) is 42.9 Å². The summed E-state index contributed by atoms with van der Waals surface area (Å²) in [6, 6.07) is 6.31. The molecule has 2 rings (SSSR count). The van der Waals surface area contributed by atoms with Crippen LogP contribution in [0.25, 0.3) is 0 Å². The Morgan fingerprint density at radius 2 is 1.89 bits per heavy atom. The maximum atomic E-state index is 12.3. The van der Waals surface area contributed by atoms with Crippen molar-refractivity contribution >= 4 is 56.5 Å². The highest BCUT2D eigenvalue weighted by Gasteiger charge is 2.21. The largest absolute Gasteiger partial charge is 0.292 e. The molecule has 0 spiro atoms. The summed E-state index contributed by atoms with van der Waals surface area (Å²) in [5.41, 5.74) is 0.919. The van der Waals surface area contributed by atoms with Crippen molar-refractivity contribution in [2.45, 2.75) is 4.83 Å². The Labute approximate surface area is 133 Å². The fraction of sp³-hybridized carbons (Fsp3) is 0.0833. The molecule has 0 saturated heterocycles. The van der Waals surface area contributed by atoms with E-state index in [1.54, 1.807) is 18.2 Å². The van der Waals surface area contributed by atoms with E-state index < -0.39 is 4.83 Å². The second-order valence-electron chi connectivity index (χ2n) is 3.61. The predicted octanol–water partition coefficient (Wildman–Crippen LogP) is 4.76. The van der Waals surface area contributed by atoms with E-state index in [0.29, 0.717) is 21.3 Å². The van der Waals surface area contributed by atoms with Gasteiger partial charge in [-0.1, -0.05) is 39.1 Å². The van der Waals surface area contributed by atoms with E-state index in [0.717, 1.165) is 0 Å². The van der Waals surface area contributed by atoms with Gasteiger partial charge >= 0.3 is 0 Å². The highest BCUT2D eigenvalue weighted by molar-refractivity contribution is 9.09. The normalized spacial score (nSPS) is 12.2.